The summed E-state index contributed by atoms with van der Waals surface area (Å²) in [4.78, 5) is 20.4. The Bertz CT molecular complexity index is 1070. The summed E-state index contributed by atoms with van der Waals surface area (Å²) in [5, 5.41) is 7.06. The van der Waals surface area contributed by atoms with Crippen LogP contribution in [-0.2, 0) is 11.2 Å². The minimum absolute atomic E-state index is 0.0343. The van der Waals surface area contributed by atoms with Gasteiger partial charge in [-0.25, -0.2) is 0 Å². The van der Waals surface area contributed by atoms with Crippen LogP contribution in [0.4, 0.5) is 5.69 Å². The highest BCUT2D eigenvalue weighted by Gasteiger charge is 2.40. The number of rotatable bonds is 7. The zero-order chi connectivity index (χ0) is 21.8. The second-order valence-corrected chi connectivity index (χ2v) is 9.40. The summed E-state index contributed by atoms with van der Waals surface area (Å²) in [6.07, 6.45) is 2.97. The third-order valence-electron chi connectivity index (χ3n) is 5.34. The van der Waals surface area contributed by atoms with Crippen LogP contribution in [0.25, 0.3) is 0 Å². The van der Waals surface area contributed by atoms with Crippen LogP contribution in [0.5, 0.6) is 0 Å². The van der Waals surface area contributed by atoms with Gasteiger partial charge in [0, 0.05) is 29.7 Å². The van der Waals surface area contributed by atoms with Gasteiger partial charge in [0.15, 0.2) is 5.11 Å². The second kappa shape index (κ2) is 9.77. The highest BCUT2D eigenvalue weighted by Crippen LogP contribution is 2.42. The predicted molar refractivity (Wildman–Crippen MR) is 131 cm³/mol. The number of amides is 1. The van der Waals surface area contributed by atoms with E-state index in [9.17, 15) is 4.79 Å². The molecule has 160 valence electrons. The number of thiophene rings is 1. The van der Waals surface area contributed by atoms with Crippen LogP contribution in [0.1, 0.15) is 41.6 Å². The monoisotopic (exact) mass is 470 g/mol. The molecule has 1 aliphatic rings. The third kappa shape index (κ3) is 4.89. The maximum absolute atomic E-state index is 12.7. The molecule has 0 aliphatic carbocycles. The Balaban J connectivity index is 1.52. The first kappa shape index (κ1) is 21.7. The molecular formula is C23H23ClN4OS2. The topological polar surface area (TPSA) is 57.3 Å². The quantitative estimate of drug-likeness (QED) is 0.455. The Morgan fingerprint density at radius 1 is 1.23 bits per heavy atom. The third-order valence-corrected chi connectivity index (χ3v) is 6.99. The fourth-order valence-electron chi connectivity index (χ4n) is 3.83. The molecule has 0 bridgehead atoms. The molecule has 1 fully saturated rings. The summed E-state index contributed by atoms with van der Waals surface area (Å²) in [6.45, 7) is 2.57. The van der Waals surface area contributed by atoms with E-state index in [-0.39, 0.29) is 18.0 Å². The minimum atomic E-state index is -0.104. The molecule has 2 aromatic heterocycles. The lowest BCUT2D eigenvalue weighted by atomic mass is 10.0. The number of pyridine rings is 1. The molecule has 5 nitrogen and oxygen atoms in total. The van der Waals surface area contributed by atoms with Gasteiger partial charge in [-0.05, 0) is 54.5 Å². The number of aryl methyl sites for hydroxylation is 1. The average molecular weight is 471 g/mol. The molecule has 4 rings (SSSR count). The van der Waals surface area contributed by atoms with Crippen LogP contribution in [0.15, 0.2) is 60.8 Å². The summed E-state index contributed by atoms with van der Waals surface area (Å²) >= 11 is 13.4. The van der Waals surface area contributed by atoms with Crippen molar-refractivity contribution in [1.82, 2.24) is 15.2 Å². The van der Waals surface area contributed by atoms with Gasteiger partial charge in [-0.1, -0.05) is 42.8 Å². The number of benzene rings is 1. The number of para-hydroxylation sites is 1. The fraction of sp³-hybridized carbons (Fsp3) is 0.261. The van der Waals surface area contributed by atoms with Crippen molar-refractivity contribution in [1.29, 1.82) is 0 Å². The van der Waals surface area contributed by atoms with Gasteiger partial charge < -0.3 is 15.5 Å². The minimum Gasteiger partial charge on any atom is -0.352 e. The lowest BCUT2D eigenvalue weighted by Gasteiger charge is -2.26. The molecule has 3 aromatic rings. The summed E-state index contributed by atoms with van der Waals surface area (Å²) in [5.74, 6) is -0.0343. The van der Waals surface area contributed by atoms with Crippen LogP contribution in [-0.4, -0.2) is 27.4 Å². The summed E-state index contributed by atoms with van der Waals surface area (Å²) in [6, 6.07) is 17.5. The molecule has 0 spiro atoms. The van der Waals surface area contributed by atoms with Crippen LogP contribution in [0, 0.1) is 0 Å². The standard InChI is InChI=1S/C23H23ClN4OS2/c1-2-15-7-3-4-8-16(15)26-20(29)12-14-28-22(18-10-11-19(24)31-18)21(27-23(28)30)17-9-5-6-13-25-17/h3-11,13,21-22H,2,12,14H2,1H3,(H,26,29)(H,27,30)/t21-,22+/m1/s1. The number of thiocarbonyl (C=S) groups is 1. The number of aromatic nitrogens is 1. The largest absolute Gasteiger partial charge is 0.352 e. The number of hydrogen-bond donors (Lipinski definition) is 2. The van der Waals surface area contributed by atoms with E-state index in [1.54, 1.807) is 6.20 Å². The molecule has 3 heterocycles. The molecule has 1 aliphatic heterocycles. The first-order chi connectivity index (χ1) is 15.1. The van der Waals surface area contributed by atoms with Crippen molar-refractivity contribution in [3.05, 3.63) is 81.3 Å². The lowest BCUT2D eigenvalue weighted by molar-refractivity contribution is -0.116. The first-order valence-electron chi connectivity index (χ1n) is 10.2. The molecule has 8 heteroatoms. The zero-order valence-corrected chi connectivity index (χ0v) is 19.4. The molecule has 1 aromatic carbocycles. The van der Waals surface area contributed by atoms with Gasteiger partial charge in [-0.3, -0.25) is 9.78 Å². The molecule has 31 heavy (non-hydrogen) atoms. The van der Waals surface area contributed by atoms with E-state index in [1.165, 1.54) is 11.3 Å². The van der Waals surface area contributed by atoms with Crippen LogP contribution < -0.4 is 10.6 Å². The highest BCUT2D eigenvalue weighted by atomic mass is 35.5. The predicted octanol–water partition coefficient (Wildman–Crippen LogP) is 5.36. The first-order valence-corrected chi connectivity index (χ1v) is 11.8. The second-order valence-electron chi connectivity index (χ2n) is 7.27. The Kier molecular flexibility index (Phi) is 6.85. The van der Waals surface area contributed by atoms with E-state index in [0.717, 1.165) is 32.6 Å². The maximum atomic E-state index is 12.7. The highest BCUT2D eigenvalue weighted by molar-refractivity contribution is 7.80. The Labute approximate surface area is 196 Å². The van der Waals surface area contributed by atoms with Gasteiger partial charge >= 0.3 is 0 Å². The molecule has 0 unspecified atom stereocenters. The number of nitrogens with zero attached hydrogens (tertiary/aromatic N) is 2. The maximum Gasteiger partial charge on any atom is 0.226 e. The van der Waals surface area contributed by atoms with E-state index in [2.05, 4.69) is 27.4 Å². The van der Waals surface area contributed by atoms with Crippen LogP contribution in [0.2, 0.25) is 4.34 Å². The molecule has 0 saturated carbocycles. The van der Waals surface area contributed by atoms with E-state index in [4.69, 9.17) is 23.8 Å². The SMILES string of the molecule is CCc1ccccc1NC(=O)CCN1C(=S)N[C@H](c2ccccn2)[C@@H]1c1ccc(Cl)s1. The Morgan fingerprint density at radius 3 is 2.74 bits per heavy atom. The fourth-order valence-corrected chi connectivity index (χ4v) is 5.37. The summed E-state index contributed by atoms with van der Waals surface area (Å²) in [7, 11) is 0. The van der Waals surface area contributed by atoms with E-state index in [0.29, 0.717) is 18.1 Å². The van der Waals surface area contributed by atoms with E-state index >= 15 is 0 Å². The molecular weight excluding hydrogens is 448 g/mol. The lowest BCUT2D eigenvalue weighted by Crippen LogP contribution is -2.32. The normalized spacial score (nSPS) is 18.1. The van der Waals surface area contributed by atoms with Gasteiger partial charge in [0.2, 0.25) is 5.91 Å². The van der Waals surface area contributed by atoms with Crippen molar-refractivity contribution in [2.45, 2.75) is 31.8 Å². The van der Waals surface area contributed by atoms with Crippen molar-refractivity contribution in [2.24, 2.45) is 0 Å². The van der Waals surface area contributed by atoms with Crippen LogP contribution in [0.3, 0.4) is 0 Å². The number of halogens is 1. The molecule has 0 radical (unpaired) electrons. The molecule has 2 atom stereocenters. The van der Waals surface area contributed by atoms with Crippen molar-refractivity contribution in [3.8, 4) is 0 Å². The van der Waals surface area contributed by atoms with Crippen molar-refractivity contribution in [3.63, 3.8) is 0 Å². The number of nitrogens with one attached hydrogen (secondary N) is 2. The number of carbonyl (C=O) groups excluding carboxylic acids is 1. The Morgan fingerprint density at radius 2 is 2.03 bits per heavy atom. The number of anilines is 1. The van der Waals surface area contributed by atoms with Gasteiger partial charge in [0.05, 0.1) is 22.1 Å². The smallest absolute Gasteiger partial charge is 0.226 e. The molecule has 2 N–H and O–H groups in total. The van der Waals surface area contributed by atoms with Crippen molar-refractivity contribution < 1.29 is 4.79 Å². The summed E-state index contributed by atoms with van der Waals surface area (Å²) in [5.41, 5.74) is 2.89. The van der Waals surface area contributed by atoms with E-state index in [1.807, 2.05) is 54.6 Å². The number of carbonyl (C=O) groups is 1. The number of hydrogen-bond acceptors (Lipinski definition) is 4. The van der Waals surface area contributed by atoms with E-state index < -0.39 is 0 Å². The van der Waals surface area contributed by atoms with Gasteiger partial charge in [-0.15, -0.1) is 11.3 Å². The molecule has 1 amide bonds. The van der Waals surface area contributed by atoms with Crippen LogP contribution >= 0.6 is 35.2 Å². The van der Waals surface area contributed by atoms with Crippen molar-refractivity contribution in [2.75, 3.05) is 11.9 Å². The summed E-state index contributed by atoms with van der Waals surface area (Å²) < 4.78 is 0.724. The van der Waals surface area contributed by atoms with Gasteiger partial charge in [-0.2, -0.15) is 0 Å². The van der Waals surface area contributed by atoms with Gasteiger partial charge in [0.25, 0.3) is 0 Å². The van der Waals surface area contributed by atoms with Gasteiger partial charge in [0.1, 0.15) is 0 Å². The Hall–Kier alpha value is -2.48. The van der Waals surface area contributed by atoms with Crippen molar-refractivity contribution >= 4 is 51.9 Å². The zero-order valence-electron chi connectivity index (χ0n) is 17.0. The molecule has 1 saturated heterocycles. The average Bonchev–Trinajstić information content (AvgIpc) is 3.35.